The number of sulfonamides is 1. The van der Waals surface area contributed by atoms with Gasteiger partial charge in [0.25, 0.3) is 0 Å². The van der Waals surface area contributed by atoms with E-state index in [2.05, 4.69) is 5.32 Å². The van der Waals surface area contributed by atoms with Crippen LogP contribution in [0, 0.1) is 13.8 Å². The number of rotatable bonds is 10. The molecule has 0 saturated heterocycles. The van der Waals surface area contributed by atoms with Gasteiger partial charge in [-0.25, -0.2) is 8.42 Å². The van der Waals surface area contributed by atoms with Crippen molar-refractivity contribution in [3.05, 3.63) is 63.1 Å². The second-order valence-corrected chi connectivity index (χ2v) is 10.9. The number of carbonyl (C=O) groups excluding carboxylic acids is 2. The van der Waals surface area contributed by atoms with Gasteiger partial charge in [-0.05, 0) is 62.1 Å². The van der Waals surface area contributed by atoms with Crippen LogP contribution in [-0.4, -0.2) is 50.5 Å². The van der Waals surface area contributed by atoms with Crippen molar-refractivity contribution < 1.29 is 18.0 Å². The molecule has 186 valence electrons. The molecule has 2 amide bonds. The summed E-state index contributed by atoms with van der Waals surface area (Å²) in [5, 5.41) is 3.46. The third-order valence-electron chi connectivity index (χ3n) is 5.39. The van der Waals surface area contributed by atoms with Gasteiger partial charge in [0.2, 0.25) is 21.8 Å². The number of hydrogen-bond acceptors (Lipinski definition) is 4. The Hall–Kier alpha value is -2.29. The number of amides is 2. The predicted molar refractivity (Wildman–Crippen MR) is 138 cm³/mol. The molecule has 0 fully saturated rings. The molecular formula is C24H31Cl2N3O4S. The first-order valence-corrected chi connectivity index (χ1v) is 13.6. The summed E-state index contributed by atoms with van der Waals surface area (Å²) in [5.74, 6) is -0.813. The maximum absolute atomic E-state index is 13.6. The topological polar surface area (TPSA) is 86.8 Å². The summed E-state index contributed by atoms with van der Waals surface area (Å²) in [6, 6.07) is 9.60. The number of nitrogens with one attached hydrogen (secondary N) is 1. The van der Waals surface area contributed by atoms with E-state index in [9.17, 15) is 18.0 Å². The fraction of sp³-hybridized carbons (Fsp3) is 0.417. The van der Waals surface area contributed by atoms with Gasteiger partial charge in [0, 0.05) is 13.1 Å². The molecule has 2 aromatic carbocycles. The highest BCUT2D eigenvalue weighted by atomic mass is 35.5. The van der Waals surface area contributed by atoms with E-state index in [0.717, 1.165) is 21.7 Å². The number of hydrogen-bond donors (Lipinski definition) is 1. The first-order chi connectivity index (χ1) is 15.9. The normalized spacial score (nSPS) is 12.2. The Bertz CT molecular complexity index is 1150. The van der Waals surface area contributed by atoms with Crippen LogP contribution in [-0.2, 0) is 26.2 Å². The molecule has 0 radical (unpaired) electrons. The molecule has 0 bridgehead atoms. The molecule has 0 aliphatic carbocycles. The molecular weight excluding hydrogens is 497 g/mol. The van der Waals surface area contributed by atoms with Crippen molar-refractivity contribution in [1.29, 1.82) is 0 Å². The molecule has 0 unspecified atom stereocenters. The van der Waals surface area contributed by atoms with Crippen LogP contribution in [0.3, 0.4) is 0 Å². The van der Waals surface area contributed by atoms with Crippen molar-refractivity contribution in [2.45, 2.75) is 46.7 Å². The first kappa shape index (κ1) is 28.0. The van der Waals surface area contributed by atoms with Gasteiger partial charge in [-0.15, -0.1) is 0 Å². The number of likely N-dealkylation sites (N-methyl/N-ethyl adjacent to an activating group) is 1. The maximum atomic E-state index is 13.6. The highest BCUT2D eigenvalue weighted by Crippen LogP contribution is 2.26. The molecule has 1 N–H and O–H groups in total. The molecule has 0 aliphatic rings. The largest absolute Gasteiger partial charge is 0.355 e. The van der Waals surface area contributed by atoms with Crippen molar-refractivity contribution in [3.8, 4) is 0 Å². The highest BCUT2D eigenvalue weighted by Gasteiger charge is 2.32. The molecule has 0 spiro atoms. The Labute approximate surface area is 212 Å². The fourth-order valence-electron chi connectivity index (χ4n) is 3.63. The van der Waals surface area contributed by atoms with Crippen LogP contribution < -0.4 is 9.62 Å². The summed E-state index contributed by atoms with van der Waals surface area (Å²) in [7, 11) is -3.79. The zero-order chi connectivity index (χ0) is 25.6. The molecule has 0 aromatic heterocycles. The first-order valence-electron chi connectivity index (χ1n) is 10.9. The lowest BCUT2D eigenvalue weighted by Crippen LogP contribution is -2.52. The summed E-state index contributed by atoms with van der Waals surface area (Å²) in [4.78, 5) is 27.8. The third-order valence-corrected chi connectivity index (χ3v) is 7.25. The zero-order valence-corrected chi connectivity index (χ0v) is 22.4. The summed E-state index contributed by atoms with van der Waals surface area (Å²) >= 11 is 12.2. The lowest BCUT2D eigenvalue weighted by Gasteiger charge is -2.33. The van der Waals surface area contributed by atoms with E-state index in [1.165, 1.54) is 4.90 Å². The van der Waals surface area contributed by atoms with Gasteiger partial charge in [-0.3, -0.25) is 13.9 Å². The maximum Gasteiger partial charge on any atom is 0.244 e. The van der Waals surface area contributed by atoms with Gasteiger partial charge in [-0.1, -0.05) is 48.3 Å². The molecule has 2 aromatic rings. The van der Waals surface area contributed by atoms with E-state index in [1.54, 1.807) is 45.0 Å². The van der Waals surface area contributed by atoms with Gasteiger partial charge < -0.3 is 10.2 Å². The van der Waals surface area contributed by atoms with Crippen LogP contribution in [0.2, 0.25) is 10.0 Å². The molecule has 7 nitrogen and oxygen atoms in total. The number of benzene rings is 2. The molecule has 1 atom stereocenters. The Kier molecular flexibility index (Phi) is 9.79. The lowest BCUT2D eigenvalue weighted by molar-refractivity contribution is -0.140. The summed E-state index contributed by atoms with van der Waals surface area (Å²) in [6.07, 6.45) is 1.41. The van der Waals surface area contributed by atoms with Crippen molar-refractivity contribution in [2.24, 2.45) is 0 Å². The minimum absolute atomic E-state index is 0.0652. The van der Waals surface area contributed by atoms with Gasteiger partial charge >= 0.3 is 0 Å². The van der Waals surface area contributed by atoms with E-state index >= 15 is 0 Å². The summed E-state index contributed by atoms with van der Waals surface area (Å²) < 4.78 is 26.5. The van der Waals surface area contributed by atoms with Crippen LogP contribution in [0.15, 0.2) is 36.4 Å². The number of halogens is 2. The van der Waals surface area contributed by atoms with Crippen molar-refractivity contribution in [2.75, 3.05) is 23.7 Å². The van der Waals surface area contributed by atoms with E-state index in [-0.39, 0.29) is 12.5 Å². The van der Waals surface area contributed by atoms with E-state index < -0.39 is 28.5 Å². The van der Waals surface area contributed by atoms with E-state index in [4.69, 9.17) is 23.2 Å². The molecule has 0 aliphatic heterocycles. The van der Waals surface area contributed by atoms with Gasteiger partial charge in [0.1, 0.15) is 12.6 Å². The Morgan fingerprint density at radius 3 is 2.26 bits per heavy atom. The van der Waals surface area contributed by atoms with Gasteiger partial charge in [0.15, 0.2) is 0 Å². The number of anilines is 1. The Morgan fingerprint density at radius 1 is 1.03 bits per heavy atom. The van der Waals surface area contributed by atoms with Crippen LogP contribution >= 0.6 is 23.2 Å². The summed E-state index contributed by atoms with van der Waals surface area (Å²) in [6.45, 7) is 7.26. The van der Waals surface area contributed by atoms with Crippen molar-refractivity contribution in [3.63, 3.8) is 0 Å². The second-order valence-electron chi connectivity index (χ2n) is 8.15. The average Bonchev–Trinajstić information content (AvgIpc) is 2.75. The molecule has 34 heavy (non-hydrogen) atoms. The molecule has 0 heterocycles. The summed E-state index contributed by atoms with van der Waals surface area (Å²) in [5.41, 5.74) is 2.68. The zero-order valence-electron chi connectivity index (χ0n) is 20.1. The monoisotopic (exact) mass is 527 g/mol. The van der Waals surface area contributed by atoms with Crippen molar-refractivity contribution >= 4 is 50.7 Å². The number of carbonyl (C=O) groups is 2. The number of aryl methyl sites for hydroxylation is 2. The second kappa shape index (κ2) is 11.9. The minimum Gasteiger partial charge on any atom is -0.355 e. The Morgan fingerprint density at radius 2 is 1.71 bits per heavy atom. The molecule has 2 rings (SSSR count). The van der Waals surface area contributed by atoms with Crippen LogP contribution in [0.1, 0.15) is 37.0 Å². The van der Waals surface area contributed by atoms with Crippen LogP contribution in [0.25, 0.3) is 0 Å². The SMILES string of the molecule is CCNC(=O)[C@@H](CC)N(Cc1ccc(Cl)c(Cl)c1)C(=O)CN(c1cc(C)ccc1C)S(C)(=O)=O. The van der Waals surface area contributed by atoms with Gasteiger partial charge in [0.05, 0.1) is 22.0 Å². The third kappa shape index (κ3) is 7.10. The molecule has 0 saturated carbocycles. The van der Waals surface area contributed by atoms with Gasteiger partial charge in [-0.2, -0.15) is 0 Å². The minimum atomic E-state index is -3.79. The Balaban J connectivity index is 2.50. The van der Waals surface area contributed by atoms with Crippen LogP contribution in [0.4, 0.5) is 5.69 Å². The predicted octanol–water partition coefficient (Wildman–Crippen LogP) is 4.32. The van der Waals surface area contributed by atoms with E-state index in [0.29, 0.717) is 34.3 Å². The van der Waals surface area contributed by atoms with Crippen LogP contribution in [0.5, 0.6) is 0 Å². The quantitative estimate of drug-likeness (QED) is 0.498. The number of nitrogens with zero attached hydrogens (tertiary/aromatic N) is 2. The van der Waals surface area contributed by atoms with Crippen molar-refractivity contribution in [1.82, 2.24) is 10.2 Å². The smallest absolute Gasteiger partial charge is 0.244 e. The molecule has 10 heteroatoms. The lowest BCUT2D eigenvalue weighted by atomic mass is 10.1. The highest BCUT2D eigenvalue weighted by molar-refractivity contribution is 7.92. The van der Waals surface area contributed by atoms with E-state index in [1.807, 2.05) is 19.1 Å². The standard InChI is InChI=1S/C24H31Cl2N3O4S/c1-6-21(24(31)27-7-2)28(14-18-10-11-19(25)20(26)13-18)23(30)15-29(34(5,32)33)22-12-16(3)8-9-17(22)4/h8-13,21H,6-7,14-15H2,1-5H3,(H,27,31)/t21-/m1/s1. The average molecular weight is 529 g/mol. The fourth-order valence-corrected chi connectivity index (χ4v) is 4.85.